The van der Waals surface area contributed by atoms with Crippen LogP contribution in [0, 0.1) is 29.1 Å². The zero-order valence-electron chi connectivity index (χ0n) is 23.8. The Bertz CT molecular complexity index is 937. The minimum Gasteiger partial charge on any atom is -0.363 e. The molecule has 2 aliphatic rings. The number of ketones is 2. The van der Waals surface area contributed by atoms with Crippen LogP contribution in [-0.2, 0) is 24.0 Å². The molecule has 1 saturated heterocycles. The lowest BCUT2D eigenvalue weighted by molar-refractivity contribution is -0.143. The standard InChI is InChI=1S/C27H45N5O6/c1-14(2)17-10-11-32(21(17)24(36)29-13-20(34)23(28)35)25(37)22(27(5,6)7)31-26(38)30-18(15(3)4)12-19(33)16-8-9-16/h14-18,21-22H,8-13H2,1-7H3,(H2,28,35)(H,29,36)(H2,30,31,38)/t17-,18-,21?,22-/m1/s1. The van der Waals surface area contributed by atoms with E-state index in [1.54, 1.807) is 0 Å². The van der Waals surface area contributed by atoms with Crippen LogP contribution in [0.3, 0.4) is 0 Å². The minimum atomic E-state index is -1.15. The summed E-state index contributed by atoms with van der Waals surface area (Å²) in [6.45, 7) is 13.0. The number of hydrogen-bond acceptors (Lipinski definition) is 6. The Labute approximate surface area is 225 Å². The van der Waals surface area contributed by atoms with E-state index in [4.69, 9.17) is 5.73 Å². The first-order valence-corrected chi connectivity index (χ1v) is 13.5. The molecule has 1 aliphatic carbocycles. The van der Waals surface area contributed by atoms with E-state index in [0.29, 0.717) is 13.0 Å². The zero-order valence-corrected chi connectivity index (χ0v) is 23.8. The molecule has 1 aliphatic heterocycles. The maximum atomic E-state index is 13.9. The van der Waals surface area contributed by atoms with Crippen molar-refractivity contribution in [1.29, 1.82) is 0 Å². The Balaban J connectivity index is 2.19. The predicted molar refractivity (Wildman–Crippen MR) is 142 cm³/mol. The Morgan fingerprint density at radius 1 is 0.947 bits per heavy atom. The molecule has 2 fully saturated rings. The third-order valence-corrected chi connectivity index (χ3v) is 7.51. The first kappa shape index (κ1) is 31.2. The molecule has 5 amide bonds. The molecule has 38 heavy (non-hydrogen) atoms. The Morgan fingerprint density at radius 2 is 1.55 bits per heavy atom. The maximum Gasteiger partial charge on any atom is 0.315 e. The third kappa shape index (κ3) is 8.26. The molecular weight excluding hydrogens is 490 g/mol. The lowest BCUT2D eigenvalue weighted by atomic mass is 9.84. The van der Waals surface area contributed by atoms with Crippen LogP contribution in [0.25, 0.3) is 0 Å². The first-order chi connectivity index (χ1) is 17.5. The molecule has 11 heteroatoms. The van der Waals surface area contributed by atoms with Crippen molar-refractivity contribution in [2.24, 2.45) is 34.8 Å². The smallest absolute Gasteiger partial charge is 0.315 e. The number of primary amides is 1. The molecule has 214 valence electrons. The number of carbonyl (C=O) groups is 6. The van der Waals surface area contributed by atoms with E-state index in [9.17, 15) is 28.8 Å². The van der Waals surface area contributed by atoms with Gasteiger partial charge in [0.05, 0.1) is 6.54 Å². The molecule has 1 saturated carbocycles. The minimum absolute atomic E-state index is 0.0220. The van der Waals surface area contributed by atoms with Crippen molar-refractivity contribution >= 4 is 35.3 Å². The van der Waals surface area contributed by atoms with E-state index >= 15 is 0 Å². The highest BCUT2D eigenvalue weighted by Gasteiger charge is 2.47. The summed E-state index contributed by atoms with van der Waals surface area (Å²) >= 11 is 0. The van der Waals surface area contributed by atoms with Crippen LogP contribution in [-0.4, -0.2) is 71.4 Å². The van der Waals surface area contributed by atoms with Gasteiger partial charge in [-0.1, -0.05) is 48.5 Å². The fraction of sp³-hybridized carbons (Fsp3) is 0.778. The van der Waals surface area contributed by atoms with E-state index in [2.05, 4.69) is 16.0 Å². The molecule has 0 spiro atoms. The van der Waals surface area contributed by atoms with Crippen LogP contribution in [0.1, 0.15) is 74.1 Å². The van der Waals surface area contributed by atoms with Crippen LogP contribution in [0.15, 0.2) is 0 Å². The highest BCUT2D eigenvalue weighted by molar-refractivity contribution is 6.36. The van der Waals surface area contributed by atoms with Crippen LogP contribution >= 0.6 is 0 Å². The molecule has 0 radical (unpaired) electrons. The maximum absolute atomic E-state index is 13.9. The van der Waals surface area contributed by atoms with Gasteiger partial charge in [-0.25, -0.2) is 4.79 Å². The zero-order chi connectivity index (χ0) is 28.9. The van der Waals surface area contributed by atoms with E-state index in [0.717, 1.165) is 12.8 Å². The number of likely N-dealkylation sites (tertiary alicyclic amines) is 1. The average Bonchev–Trinajstić information content (AvgIpc) is 3.56. The number of nitrogens with two attached hydrogens (primary N) is 1. The number of amides is 5. The van der Waals surface area contributed by atoms with Crippen molar-refractivity contribution in [3.05, 3.63) is 0 Å². The van der Waals surface area contributed by atoms with Gasteiger partial charge >= 0.3 is 6.03 Å². The Hall–Kier alpha value is -2.98. The number of nitrogens with one attached hydrogen (secondary N) is 3. The van der Waals surface area contributed by atoms with E-state index in [-0.39, 0.29) is 41.9 Å². The average molecular weight is 536 g/mol. The number of Topliss-reactive ketones (excluding diaryl/α,β-unsaturated/α-hetero) is 2. The van der Waals surface area contributed by atoms with Crippen LogP contribution in [0.4, 0.5) is 4.79 Å². The van der Waals surface area contributed by atoms with Crippen LogP contribution in [0.5, 0.6) is 0 Å². The second kappa shape index (κ2) is 12.7. The molecule has 11 nitrogen and oxygen atoms in total. The van der Waals surface area contributed by atoms with Crippen molar-refractivity contribution in [3.8, 4) is 0 Å². The first-order valence-electron chi connectivity index (χ1n) is 13.5. The highest BCUT2D eigenvalue weighted by atomic mass is 16.2. The van der Waals surface area contributed by atoms with Gasteiger partial charge in [0.15, 0.2) is 0 Å². The molecule has 0 aromatic rings. The van der Waals surface area contributed by atoms with Crippen molar-refractivity contribution in [1.82, 2.24) is 20.9 Å². The molecule has 0 aromatic carbocycles. The predicted octanol–water partition coefficient (Wildman–Crippen LogP) is 1.14. The number of urea groups is 1. The summed E-state index contributed by atoms with van der Waals surface area (Å²) in [5.74, 6) is -2.87. The Kier molecular flexibility index (Phi) is 10.4. The molecule has 2 rings (SSSR count). The largest absolute Gasteiger partial charge is 0.363 e. The fourth-order valence-electron chi connectivity index (χ4n) is 4.85. The van der Waals surface area contributed by atoms with Gasteiger partial charge in [0, 0.05) is 24.9 Å². The second-order valence-corrected chi connectivity index (χ2v) is 12.4. The van der Waals surface area contributed by atoms with Crippen molar-refractivity contribution < 1.29 is 28.8 Å². The van der Waals surface area contributed by atoms with Gasteiger partial charge in [-0.05, 0) is 42.4 Å². The number of rotatable bonds is 12. The summed E-state index contributed by atoms with van der Waals surface area (Å²) in [4.78, 5) is 76.6. The topological polar surface area (TPSA) is 168 Å². The molecule has 0 bridgehead atoms. The van der Waals surface area contributed by atoms with Crippen molar-refractivity contribution in [2.75, 3.05) is 13.1 Å². The third-order valence-electron chi connectivity index (χ3n) is 7.51. The van der Waals surface area contributed by atoms with Crippen LogP contribution < -0.4 is 21.7 Å². The van der Waals surface area contributed by atoms with Gasteiger partial charge in [0.25, 0.3) is 5.91 Å². The summed E-state index contributed by atoms with van der Waals surface area (Å²) in [5.41, 5.74) is 4.30. The van der Waals surface area contributed by atoms with Crippen LogP contribution in [0.2, 0.25) is 0 Å². The highest BCUT2D eigenvalue weighted by Crippen LogP contribution is 2.34. The SMILES string of the molecule is CC(C)[C@H]1CCN(C(=O)[C@@H](NC(=O)N[C@H](CC(=O)C2CC2)C(C)C)C(C)(C)C)C1C(=O)NCC(=O)C(N)=O. The molecule has 5 N–H and O–H groups in total. The van der Waals surface area contributed by atoms with E-state index in [1.165, 1.54) is 4.90 Å². The summed E-state index contributed by atoms with van der Waals surface area (Å²) in [5, 5.41) is 8.14. The van der Waals surface area contributed by atoms with Gasteiger partial charge in [0.2, 0.25) is 17.6 Å². The normalized spacial score (nSPS) is 21.1. The number of carbonyl (C=O) groups excluding carboxylic acids is 6. The monoisotopic (exact) mass is 535 g/mol. The number of nitrogens with zero attached hydrogens (tertiary/aromatic N) is 1. The fourth-order valence-corrected chi connectivity index (χ4v) is 4.85. The molecular formula is C27H45N5O6. The van der Waals surface area contributed by atoms with Gasteiger partial charge < -0.3 is 26.6 Å². The Morgan fingerprint density at radius 3 is 2.03 bits per heavy atom. The quantitative estimate of drug-likeness (QED) is 0.273. The molecule has 1 heterocycles. The molecule has 1 unspecified atom stereocenters. The lowest BCUT2D eigenvalue weighted by Gasteiger charge is -2.37. The van der Waals surface area contributed by atoms with E-state index in [1.807, 2.05) is 48.5 Å². The summed E-state index contributed by atoms with van der Waals surface area (Å²) in [7, 11) is 0. The van der Waals surface area contributed by atoms with Crippen molar-refractivity contribution in [3.63, 3.8) is 0 Å². The summed E-state index contributed by atoms with van der Waals surface area (Å²) in [6.07, 6.45) is 2.62. The summed E-state index contributed by atoms with van der Waals surface area (Å²) < 4.78 is 0. The molecule has 0 aromatic heterocycles. The van der Waals surface area contributed by atoms with Gasteiger partial charge in [-0.2, -0.15) is 0 Å². The summed E-state index contributed by atoms with van der Waals surface area (Å²) in [6, 6.07) is -2.73. The lowest BCUT2D eigenvalue weighted by Crippen LogP contribution is -2.61. The number of hydrogen-bond donors (Lipinski definition) is 4. The second-order valence-electron chi connectivity index (χ2n) is 12.4. The van der Waals surface area contributed by atoms with Gasteiger partial charge in [0.1, 0.15) is 17.9 Å². The van der Waals surface area contributed by atoms with Gasteiger partial charge in [-0.3, -0.25) is 24.0 Å². The van der Waals surface area contributed by atoms with Gasteiger partial charge in [-0.15, -0.1) is 0 Å². The molecule has 4 atom stereocenters. The van der Waals surface area contributed by atoms with Crippen molar-refractivity contribution in [2.45, 2.75) is 92.3 Å². The van der Waals surface area contributed by atoms with E-state index < -0.39 is 53.6 Å².